The van der Waals surface area contributed by atoms with Gasteiger partial charge in [-0.1, -0.05) is 18.5 Å². The lowest BCUT2D eigenvalue weighted by Gasteiger charge is -2.18. The van der Waals surface area contributed by atoms with Gasteiger partial charge >= 0.3 is 0 Å². The van der Waals surface area contributed by atoms with Crippen LogP contribution in [0.15, 0.2) is 0 Å². The topological polar surface area (TPSA) is 25.8 Å². The molecule has 2 unspecified atom stereocenters. The van der Waals surface area contributed by atoms with E-state index < -0.39 is 0 Å². The van der Waals surface area contributed by atoms with Gasteiger partial charge in [0.05, 0.1) is 0 Å². The third-order valence-electron chi connectivity index (χ3n) is 4.21. The van der Waals surface area contributed by atoms with Gasteiger partial charge in [-0.15, -0.1) is 0 Å². The molecule has 1 saturated carbocycles. The molecule has 3 rings (SSSR count). The highest BCUT2D eigenvalue weighted by atomic mass is 35.5. The molecule has 1 aromatic heterocycles. The minimum atomic E-state index is 0.551. The molecule has 2 aliphatic rings. The molecule has 0 N–H and O–H groups in total. The maximum Gasteiger partial charge on any atom is 0.136 e. The molecule has 0 aliphatic heterocycles. The van der Waals surface area contributed by atoms with Crippen molar-refractivity contribution in [1.82, 2.24) is 9.97 Å². The largest absolute Gasteiger partial charge is 0.237 e. The van der Waals surface area contributed by atoms with Crippen molar-refractivity contribution in [1.29, 1.82) is 0 Å². The molecule has 2 atom stereocenters. The number of halogens is 1. The summed E-state index contributed by atoms with van der Waals surface area (Å²) in [6, 6.07) is 0. The van der Waals surface area contributed by atoms with Crippen LogP contribution < -0.4 is 0 Å². The molecule has 3 heteroatoms. The molecule has 0 spiro atoms. The van der Waals surface area contributed by atoms with Crippen LogP contribution in [-0.2, 0) is 12.8 Å². The lowest BCUT2D eigenvalue weighted by molar-refractivity contribution is 0.577. The molecule has 0 radical (unpaired) electrons. The molecular weight excluding hydrogens is 232 g/mol. The predicted molar refractivity (Wildman–Crippen MR) is 69.4 cm³/mol. The molecule has 0 aromatic carbocycles. The summed E-state index contributed by atoms with van der Waals surface area (Å²) in [5, 5.41) is 0.726. The molecule has 1 heterocycles. The Hall–Kier alpha value is -0.630. The second-order valence-electron chi connectivity index (χ2n) is 5.62. The third kappa shape index (κ3) is 2.20. The Kier molecular flexibility index (Phi) is 3.08. The molecule has 1 fully saturated rings. The summed E-state index contributed by atoms with van der Waals surface area (Å²) >= 11 is 6.31. The molecule has 2 nitrogen and oxygen atoms in total. The van der Waals surface area contributed by atoms with Gasteiger partial charge in [0.1, 0.15) is 11.0 Å². The summed E-state index contributed by atoms with van der Waals surface area (Å²) in [5.41, 5.74) is 2.44. The number of aromatic nitrogens is 2. The maximum atomic E-state index is 6.31. The number of fused-ring (bicyclic) bond motifs is 1. The van der Waals surface area contributed by atoms with E-state index in [-0.39, 0.29) is 0 Å². The fourth-order valence-electron chi connectivity index (χ4n) is 3.19. The van der Waals surface area contributed by atoms with Gasteiger partial charge < -0.3 is 0 Å². The average Bonchev–Trinajstić information content (AvgIpc) is 2.76. The molecule has 0 saturated heterocycles. The second-order valence-corrected chi connectivity index (χ2v) is 5.98. The average molecular weight is 251 g/mol. The summed E-state index contributed by atoms with van der Waals surface area (Å²) in [6.07, 6.45) is 8.41. The fraction of sp³-hybridized carbons (Fsp3) is 0.714. The summed E-state index contributed by atoms with van der Waals surface area (Å²) in [6.45, 7) is 2.32. The van der Waals surface area contributed by atoms with Gasteiger partial charge in [-0.3, -0.25) is 0 Å². The molecule has 0 amide bonds. The molecule has 17 heavy (non-hydrogen) atoms. The summed E-state index contributed by atoms with van der Waals surface area (Å²) < 4.78 is 0. The van der Waals surface area contributed by atoms with Crippen molar-refractivity contribution in [3.05, 3.63) is 22.2 Å². The highest BCUT2D eigenvalue weighted by Gasteiger charge is 2.27. The van der Waals surface area contributed by atoms with Crippen LogP contribution in [-0.4, -0.2) is 9.97 Å². The van der Waals surface area contributed by atoms with E-state index in [1.807, 2.05) is 0 Å². The highest BCUT2D eigenvalue weighted by molar-refractivity contribution is 6.30. The second kappa shape index (κ2) is 4.56. The van der Waals surface area contributed by atoms with E-state index in [0.29, 0.717) is 5.92 Å². The summed E-state index contributed by atoms with van der Waals surface area (Å²) in [7, 11) is 0. The predicted octanol–water partition coefficient (Wildman–Crippen LogP) is 3.91. The van der Waals surface area contributed by atoms with Gasteiger partial charge in [-0.25, -0.2) is 9.97 Å². The SMILES string of the molecule is CC1CCC(c2nc(Cl)c3c(n2)CCCC3)C1. The van der Waals surface area contributed by atoms with E-state index in [1.165, 1.54) is 43.4 Å². The van der Waals surface area contributed by atoms with Crippen molar-refractivity contribution in [3.8, 4) is 0 Å². The van der Waals surface area contributed by atoms with Crippen molar-refractivity contribution >= 4 is 11.6 Å². The Morgan fingerprint density at radius 3 is 2.71 bits per heavy atom. The van der Waals surface area contributed by atoms with Gasteiger partial charge in [0.2, 0.25) is 0 Å². The Bertz CT molecular complexity index is 430. The zero-order valence-electron chi connectivity index (χ0n) is 10.4. The van der Waals surface area contributed by atoms with E-state index in [1.54, 1.807) is 0 Å². The quantitative estimate of drug-likeness (QED) is 0.707. The number of hydrogen-bond donors (Lipinski definition) is 0. The van der Waals surface area contributed by atoms with Crippen molar-refractivity contribution < 1.29 is 0 Å². The standard InChI is InChI=1S/C14H19ClN2/c1-9-6-7-10(8-9)14-16-12-5-3-2-4-11(12)13(15)17-14/h9-10H,2-8H2,1H3. The van der Waals surface area contributed by atoms with E-state index in [9.17, 15) is 0 Å². The number of hydrogen-bond acceptors (Lipinski definition) is 2. The maximum absolute atomic E-state index is 6.31. The van der Waals surface area contributed by atoms with Crippen LogP contribution in [0.4, 0.5) is 0 Å². The first kappa shape index (κ1) is 11.5. The van der Waals surface area contributed by atoms with Crippen LogP contribution >= 0.6 is 11.6 Å². The first-order valence-corrected chi connectivity index (χ1v) is 7.17. The Morgan fingerprint density at radius 1 is 1.12 bits per heavy atom. The van der Waals surface area contributed by atoms with Gasteiger partial charge in [0.25, 0.3) is 0 Å². The Labute approximate surface area is 108 Å². The van der Waals surface area contributed by atoms with Crippen molar-refractivity contribution in [2.24, 2.45) is 5.92 Å². The molecule has 1 aromatic rings. The van der Waals surface area contributed by atoms with E-state index >= 15 is 0 Å². The lowest BCUT2D eigenvalue weighted by atomic mass is 9.96. The van der Waals surface area contributed by atoms with Gasteiger partial charge in [-0.05, 0) is 50.9 Å². The van der Waals surface area contributed by atoms with Crippen LogP contribution in [0.1, 0.15) is 62.0 Å². The van der Waals surface area contributed by atoms with Crippen LogP contribution in [0.5, 0.6) is 0 Å². The highest BCUT2D eigenvalue weighted by Crippen LogP contribution is 2.37. The first-order valence-electron chi connectivity index (χ1n) is 6.79. The zero-order chi connectivity index (χ0) is 11.8. The van der Waals surface area contributed by atoms with Gasteiger partial charge in [0.15, 0.2) is 0 Å². The number of nitrogens with zero attached hydrogens (tertiary/aromatic N) is 2. The van der Waals surface area contributed by atoms with E-state index in [0.717, 1.165) is 29.7 Å². The smallest absolute Gasteiger partial charge is 0.136 e. The van der Waals surface area contributed by atoms with Gasteiger partial charge in [-0.2, -0.15) is 0 Å². The minimum absolute atomic E-state index is 0.551. The number of aryl methyl sites for hydroxylation is 1. The van der Waals surface area contributed by atoms with Crippen LogP contribution in [0.2, 0.25) is 5.15 Å². The minimum Gasteiger partial charge on any atom is -0.237 e. The monoisotopic (exact) mass is 250 g/mol. The van der Waals surface area contributed by atoms with Crippen LogP contribution in [0.3, 0.4) is 0 Å². The Morgan fingerprint density at radius 2 is 1.94 bits per heavy atom. The van der Waals surface area contributed by atoms with E-state index in [2.05, 4.69) is 11.9 Å². The van der Waals surface area contributed by atoms with E-state index in [4.69, 9.17) is 16.6 Å². The van der Waals surface area contributed by atoms with Crippen molar-refractivity contribution in [2.75, 3.05) is 0 Å². The Balaban J connectivity index is 1.93. The fourth-order valence-corrected chi connectivity index (χ4v) is 3.48. The van der Waals surface area contributed by atoms with Crippen molar-refractivity contribution in [3.63, 3.8) is 0 Å². The zero-order valence-corrected chi connectivity index (χ0v) is 11.1. The number of rotatable bonds is 1. The molecule has 2 aliphatic carbocycles. The third-order valence-corrected chi connectivity index (χ3v) is 4.52. The normalized spacial score (nSPS) is 28.1. The van der Waals surface area contributed by atoms with Crippen LogP contribution in [0, 0.1) is 5.92 Å². The molecular formula is C14H19ClN2. The van der Waals surface area contributed by atoms with Crippen LogP contribution in [0.25, 0.3) is 0 Å². The van der Waals surface area contributed by atoms with Crippen molar-refractivity contribution in [2.45, 2.75) is 57.8 Å². The first-order chi connectivity index (χ1) is 8.24. The molecule has 0 bridgehead atoms. The summed E-state index contributed by atoms with van der Waals surface area (Å²) in [5.74, 6) is 2.38. The molecule has 92 valence electrons. The summed E-state index contributed by atoms with van der Waals surface area (Å²) in [4.78, 5) is 9.35. The lowest BCUT2D eigenvalue weighted by Crippen LogP contribution is -2.12. The van der Waals surface area contributed by atoms with Gasteiger partial charge in [0, 0.05) is 17.2 Å².